The van der Waals surface area contributed by atoms with Crippen molar-refractivity contribution >= 4 is 5.97 Å². The van der Waals surface area contributed by atoms with Crippen LogP contribution in [0, 0.1) is 0 Å². The first-order chi connectivity index (χ1) is 14.0. The summed E-state index contributed by atoms with van der Waals surface area (Å²) in [5, 5.41) is 13.2. The SMILES string of the molecule is Cn1c(CC2(N)CNC2)c(C(=O)O)c2c1-c1cc(-c3ccncc3)ncc1CC2. The van der Waals surface area contributed by atoms with Crippen LogP contribution >= 0.6 is 0 Å². The number of carboxylic acid groups (broad SMARTS) is 1. The number of aryl methyl sites for hydroxylation is 1. The number of nitrogens with one attached hydrogen (secondary N) is 1. The van der Waals surface area contributed by atoms with Gasteiger partial charge in [0.15, 0.2) is 0 Å². The van der Waals surface area contributed by atoms with Crippen LogP contribution in [-0.4, -0.2) is 44.2 Å². The van der Waals surface area contributed by atoms with Gasteiger partial charge in [0.1, 0.15) is 0 Å². The Morgan fingerprint density at radius 2 is 2.07 bits per heavy atom. The number of nitrogens with two attached hydrogens (primary N) is 1. The van der Waals surface area contributed by atoms with Crippen LogP contribution in [0.2, 0.25) is 0 Å². The zero-order valence-corrected chi connectivity index (χ0v) is 16.3. The number of carbonyl (C=O) groups is 1. The Hall–Kier alpha value is -3.03. The molecule has 7 heteroatoms. The second-order valence-electron chi connectivity index (χ2n) is 8.12. The number of aromatic nitrogens is 3. The molecule has 3 aromatic rings. The molecule has 0 saturated carbocycles. The van der Waals surface area contributed by atoms with Crippen molar-refractivity contribution in [2.75, 3.05) is 13.1 Å². The van der Waals surface area contributed by atoms with Gasteiger partial charge < -0.3 is 20.7 Å². The van der Waals surface area contributed by atoms with Gasteiger partial charge in [-0.1, -0.05) is 0 Å². The van der Waals surface area contributed by atoms with E-state index in [1.54, 1.807) is 12.4 Å². The van der Waals surface area contributed by atoms with Crippen LogP contribution in [0.3, 0.4) is 0 Å². The van der Waals surface area contributed by atoms with Crippen molar-refractivity contribution in [3.05, 3.63) is 59.2 Å². The van der Waals surface area contributed by atoms with Gasteiger partial charge in [0.2, 0.25) is 0 Å². The minimum absolute atomic E-state index is 0.387. The van der Waals surface area contributed by atoms with E-state index in [1.165, 1.54) is 0 Å². The van der Waals surface area contributed by atoms with Crippen LogP contribution in [0.1, 0.15) is 27.2 Å². The first-order valence-electron chi connectivity index (χ1n) is 9.80. The fourth-order valence-corrected chi connectivity index (χ4v) is 4.59. The standard InChI is InChI=1S/C22H23N5O2/c1-27-18(9-22(23)11-25-12-22)19(21(28)29)15-3-2-14-10-26-17(8-16(14)20(15)27)13-4-6-24-7-5-13/h4-8,10,25H,2-3,9,11-12,23H2,1H3,(H,28,29). The highest BCUT2D eigenvalue weighted by Gasteiger charge is 2.37. The van der Waals surface area contributed by atoms with Crippen molar-refractivity contribution in [3.63, 3.8) is 0 Å². The summed E-state index contributed by atoms with van der Waals surface area (Å²) < 4.78 is 2.04. The molecule has 0 amide bonds. The average Bonchev–Trinajstić information content (AvgIpc) is 2.99. The summed E-state index contributed by atoms with van der Waals surface area (Å²) in [6, 6.07) is 5.93. The summed E-state index contributed by atoms with van der Waals surface area (Å²) in [5.41, 5.74) is 13.2. The number of hydrogen-bond acceptors (Lipinski definition) is 5. The van der Waals surface area contributed by atoms with Gasteiger partial charge in [0.25, 0.3) is 0 Å². The highest BCUT2D eigenvalue weighted by Crippen LogP contribution is 2.40. The topological polar surface area (TPSA) is 106 Å². The van der Waals surface area contributed by atoms with Gasteiger partial charge >= 0.3 is 5.97 Å². The third-order valence-corrected chi connectivity index (χ3v) is 6.17. The molecule has 0 bridgehead atoms. The van der Waals surface area contributed by atoms with Crippen LogP contribution in [0.4, 0.5) is 0 Å². The molecule has 148 valence electrons. The summed E-state index contributed by atoms with van der Waals surface area (Å²) in [5.74, 6) is -0.875. The van der Waals surface area contributed by atoms with Gasteiger partial charge in [-0.3, -0.25) is 9.97 Å². The highest BCUT2D eigenvalue weighted by atomic mass is 16.4. The second-order valence-corrected chi connectivity index (χ2v) is 8.12. The van der Waals surface area contributed by atoms with Crippen LogP contribution in [0.25, 0.3) is 22.5 Å². The molecule has 2 aliphatic rings. The molecule has 0 spiro atoms. The molecular formula is C22H23N5O2. The smallest absolute Gasteiger partial charge is 0.337 e. The minimum atomic E-state index is -0.875. The lowest BCUT2D eigenvalue weighted by atomic mass is 9.85. The lowest BCUT2D eigenvalue weighted by molar-refractivity contribution is 0.0693. The number of rotatable bonds is 4. The molecule has 29 heavy (non-hydrogen) atoms. The van der Waals surface area contributed by atoms with Gasteiger partial charge in [-0.25, -0.2) is 4.79 Å². The Morgan fingerprint density at radius 3 is 2.72 bits per heavy atom. The molecule has 7 nitrogen and oxygen atoms in total. The van der Waals surface area contributed by atoms with E-state index in [0.717, 1.165) is 45.8 Å². The Kier molecular flexibility index (Phi) is 4.04. The summed E-state index contributed by atoms with van der Waals surface area (Å²) in [6.07, 6.45) is 7.44. The molecule has 0 atom stereocenters. The van der Waals surface area contributed by atoms with Gasteiger partial charge in [-0.15, -0.1) is 0 Å². The lowest BCUT2D eigenvalue weighted by Crippen LogP contribution is -2.67. The minimum Gasteiger partial charge on any atom is -0.478 e. The molecule has 1 saturated heterocycles. The number of hydrogen-bond donors (Lipinski definition) is 3. The summed E-state index contributed by atoms with van der Waals surface area (Å²) in [7, 11) is 1.96. The van der Waals surface area contributed by atoms with E-state index in [1.807, 2.05) is 29.9 Å². The maximum absolute atomic E-state index is 12.2. The van der Waals surface area contributed by atoms with Gasteiger partial charge in [-0.2, -0.15) is 0 Å². The number of nitrogens with zero attached hydrogens (tertiary/aromatic N) is 3. The first-order valence-corrected chi connectivity index (χ1v) is 9.80. The zero-order chi connectivity index (χ0) is 20.2. The lowest BCUT2D eigenvalue weighted by Gasteiger charge is -2.39. The largest absolute Gasteiger partial charge is 0.478 e. The molecule has 0 radical (unpaired) electrons. The van der Waals surface area contributed by atoms with E-state index in [2.05, 4.69) is 21.4 Å². The van der Waals surface area contributed by atoms with E-state index in [0.29, 0.717) is 31.5 Å². The molecule has 4 heterocycles. The van der Waals surface area contributed by atoms with Crippen molar-refractivity contribution in [2.24, 2.45) is 12.8 Å². The van der Waals surface area contributed by atoms with Crippen molar-refractivity contribution < 1.29 is 9.90 Å². The predicted octanol–water partition coefficient (Wildman–Crippen LogP) is 1.79. The number of fused-ring (bicyclic) bond motifs is 3. The van der Waals surface area contributed by atoms with Crippen molar-refractivity contribution in [3.8, 4) is 22.5 Å². The molecule has 1 aliphatic heterocycles. The molecule has 1 aliphatic carbocycles. The predicted molar refractivity (Wildman–Crippen MR) is 110 cm³/mol. The Bertz CT molecular complexity index is 1120. The quantitative estimate of drug-likeness (QED) is 0.628. The van der Waals surface area contributed by atoms with E-state index in [9.17, 15) is 9.90 Å². The Morgan fingerprint density at radius 1 is 1.31 bits per heavy atom. The third kappa shape index (κ3) is 2.85. The third-order valence-electron chi connectivity index (χ3n) is 6.17. The number of carboxylic acids is 1. The molecule has 4 N–H and O–H groups in total. The maximum Gasteiger partial charge on any atom is 0.337 e. The van der Waals surface area contributed by atoms with E-state index >= 15 is 0 Å². The number of pyridine rings is 2. The summed E-state index contributed by atoms with van der Waals surface area (Å²) in [4.78, 5) is 20.9. The highest BCUT2D eigenvalue weighted by molar-refractivity contribution is 5.95. The fraction of sp³-hybridized carbons (Fsp3) is 0.318. The molecular weight excluding hydrogens is 366 g/mol. The molecule has 3 aromatic heterocycles. The normalized spacial score (nSPS) is 16.6. The molecule has 0 unspecified atom stereocenters. The number of aromatic carboxylic acids is 1. The van der Waals surface area contributed by atoms with Crippen molar-refractivity contribution in [1.29, 1.82) is 0 Å². The second kappa shape index (κ2) is 6.50. The van der Waals surface area contributed by atoms with E-state index in [4.69, 9.17) is 5.73 Å². The monoisotopic (exact) mass is 389 g/mol. The van der Waals surface area contributed by atoms with Crippen LogP contribution in [-0.2, 0) is 26.3 Å². The Labute approximate surface area is 168 Å². The average molecular weight is 389 g/mol. The van der Waals surface area contributed by atoms with Gasteiger partial charge in [0, 0.05) is 67.5 Å². The van der Waals surface area contributed by atoms with Crippen LogP contribution < -0.4 is 11.1 Å². The van der Waals surface area contributed by atoms with E-state index < -0.39 is 5.97 Å². The van der Waals surface area contributed by atoms with Crippen LogP contribution in [0.15, 0.2) is 36.8 Å². The van der Waals surface area contributed by atoms with Crippen molar-refractivity contribution in [1.82, 2.24) is 19.9 Å². The molecule has 0 aromatic carbocycles. The Balaban J connectivity index is 1.68. The first kappa shape index (κ1) is 18.0. The van der Waals surface area contributed by atoms with Gasteiger partial charge in [0.05, 0.1) is 17.0 Å². The van der Waals surface area contributed by atoms with E-state index in [-0.39, 0.29) is 5.54 Å². The molecule has 5 rings (SSSR count). The fourth-order valence-electron chi connectivity index (χ4n) is 4.59. The summed E-state index contributed by atoms with van der Waals surface area (Å²) >= 11 is 0. The molecule has 1 fully saturated rings. The summed E-state index contributed by atoms with van der Waals surface area (Å²) in [6.45, 7) is 1.41. The zero-order valence-electron chi connectivity index (χ0n) is 16.3. The maximum atomic E-state index is 12.2. The van der Waals surface area contributed by atoms with Crippen LogP contribution in [0.5, 0.6) is 0 Å². The van der Waals surface area contributed by atoms with Crippen molar-refractivity contribution in [2.45, 2.75) is 24.8 Å². The van der Waals surface area contributed by atoms with Gasteiger partial charge in [-0.05, 0) is 42.2 Å².